The first-order valence-electron chi connectivity index (χ1n) is 7.89. The summed E-state index contributed by atoms with van der Waals surface area (Å²) >= 11 is 5.95. The van der Waals surface area contributed by atoms with E-state index in [9.17, 15) is 0 Å². The maximum Gasteiger partial charge on any atom is 0.0496 e. The second-order valence-corrected chi connectivity index (χ2v) is 7.26. The second kappa shape index (κ2) is 5.57. The summed E-state index contributed by atoms with van der Waals surface area (Å²) in [5, 5.41) is 4.48. The van der Waals surface area contributed by atoms with E-state index in [2.05, 4.69) is 17.4 Å². The first kappa shape index (κ1) is 14.2. The highest BCUT2D eigenvalue weighted by atomic mass is 35.5. The summed E-state index contributed by atoms with van der Waals surface area (Å²) < 4.78 is 0. The SMILES string of the molecule is NCC1(Nc2ccc(Cl)cc2)CCC2(CCCC2)CC1. The van der Waals surface area contributed by atoms with Crippen molar-refractivity contribution in [3.63, 3.8) is 0 Å². The summed E-state index contributed by atoms with van der Waals surface area (Å²) in [5.41, 5.74) is 7.99. The van der Waals surface area contributed by atoms with Crippen LogP contribution in [0.15, 0.2) is 24.3 Å². The Labute approximate surface area is 127 Å². The second-order valence-electron chi connectivity index (χ2n) is 6.82. The molecule has 0 amide bonds. The third kappa shape index (κ3) is 2.82. The van der Waals surface area contributed by atoms with Crippen molar-refractivity contribution in [1.29, 1.82) is 0 Å². The van der Waals surface area contributed by atoms with Gasteiger partial charge in [-0.05, 0) is 68.2 Å². The molecule has 0 radical (unpaired) electrons. The van der Waals surface area contributed by atoms with Crippen molar-refractivity contribution >= 4 is 17.3 Å². The minimum absolute atomic E-state index is 0.0850. The fourth-order valence-electron chi connectivity index (χ4n) is 4.10. The Morgan fingerprint density at radius 2 is 1.55 bits per heavy atom. The molecule has 0 atom stereocenters. The van der Waals surface area contributed by atoms with Crippen molar-refractivity contribution in [2.24, 2.45) is 11.1 Å². The Bertz CT molecular complexity index is 439. The molecule has 0 saturated heterocycles. The molecule has 1 aromatic carbocycles. The number of halogens is 1. The monoisotopic (exact) mass is 292 g/mol. The van der Waals surface area contributed by atoms with Gasteiger partial charge in [-0.2, -0.15) is 0 Å². The van der Waals surface area contributed by atoms with Crippen molar-refractivity contribution in [3.8, 4) is 0 Å². The number of benzene rings is 1. The lowest BCUT2D eigenvalue weighted by Gasteiger charge is -2.45. The zero-order chi connectivity index (χ0) is 14.1. The van der Waals surface area contributed by atoms with Crippen LogP contribution >= 0.6 is 11.6 Å². The molecule has 0 bridgehead atoms. The molecule has 20 heavy (non-hydrogen) atoms. The van der Waals surface area contributed by atoms with Gasteiger partial charge in [-0.1, -0.05) is 24.4 Å². The highest BCUT2D eigenvalue weighted by Gasteiger charge is 2.43. The van der Waals surface area contributed by atoms with Crippen LogP contribution in [0.5, 0.6) is 0 Å². The number of nitrogens with two attached hydrogens (primary N) is 1. The predicted molar refractivity (Wildman–Crippen MR) is 86.2 cm³/mol. The molecule has 1 spiro atoms. The first-order chi connectivity index (χ1) is 9.65. The van der Waals surface area contributed by atoms with Crippen molar-refractivity contribution in [1.82, 2.24) is 0 Å². The Hall–Kier alpha value is -0.730. The summed E-state index contributed by atoms with van der Waals surface area (Å²) in [5.74, 6) is 0. The quantitative estimate of drug-likeness (QED) is 0.855. The standard InChI is InChI=1S/C17H25ClN2/c18-14-3-5-15(6-4-14)20-17(13-19)11-9-16(10-12-17)7-1-2-8-16/h3-6,20H,1-2,7-13,19H2. The molecule has 3 N–H and O–H groups in total. The van der Waals surface area contributed by atoms with Crippen molar-refractivity contribution in [2.75, 3.05) is 11.9 Å². The first-order valence-corrected chi connectivity index (χ1v) is 8.27. The maximum absolute atomic E-state index is 6.11. The molecule has 0 aliphatic heterocycles. The van der Waals surface area contributed by atoms with Gasteiger partial charge in [0, 0.05) is 22.8 Å². The van der Waals surface area contributed by atoms with Gasteiger partial charge in [0.25, 0.3) is 0 Å². The zero-order valence-electron chi connectivity index (χ0n) is 12.1. The Morgan fingerprint density at radius 1 is 0.950 bits per heavy atom. The summed E-state index contributed by atoms with van der Waals surface area (Å²) in [7, 11) is 0. The normalized spacial score (nSPS) is 23.9. The van der Waals surface area contributed by atoms with Crippen molar-refractivity contribution < 1.29 is 0 Å². The minimum Gasteiger partial charge on any atom is -0.378 e. The number of nitrogens with one attached hydrogen (secondary N) is 1. The van der Waals surface area contributed by atoms with Gasteiger partial charge in [0.1, 0.15) is 0 Å². The van der Waals surface area contributed by atoms with Gasteiger partial charge in [-0.15, -0.1) is 0 Å². The fraction of sp³-hybridized carbons (Fsp3) is 0.647. The molecule has 0 aromatic heterocycles. The van der Waals surface area contributed by atoms with Crippen LogP contribution in [0, 0.1) is 5.41 Å². The molecule has 2 aliphatic carbocycles. The lowest BCUT2D eigenvalue weighted by atomic mass is 9.66. The van der Waals surface area contributed by atoms with Crippen molar-refractivity contribution in [3.05, 3.63) is 29.3 Å². The molecule has 110 valence electrons. The number of hydrogen-bond acceptors (Lipinski definition) is 2. The summed E-state index contributed by atoms with van der Waals surface area (Å²) in [6.45, 7) is 0.714. The van der Waals surface area contributed by atoms with Gasteiger partial charge < -0.3 is 11.1 Å². The van der Waals surface area contributed by atoms with Crippen LogP contribution in [0.4, 0.5) is 5.69 Å². The topological polar surface area (TPSA) is 38.0 Å². The Kier molecular flexibility index (Phi) is 3.96. The van der Waals surface area contributed by atoms with Crippen LogP contribution in [0.1, 0.15) is 51.4 Å². The van der Waals surface area contributed by atoms with E-state index in [1.165, 1.54) is 51.4 Å². The van der Waals surface area contributed by atoms with Gasteiger partial charge in [-0.25, -0.2) is 0 Å². The molecule has 2 aliphatic rings. The van der Waals surface area contributed by atoms with Crippen molar-refractivity contribution in [2.45, 2.75) is 56.9 Å². The molecule has 0 unspecified atom stereocenters. The van der Waals surface area contributed by atoms with Crippen LogP contribution in [-0.2, 0) is 0 Å². The molecule has 2 fully saturated rings. The van der Waals surface area contributed by atoms with Crippen LogP contribution in [0.2, 0.25) is 5.02 Å². The van der Waals surface area contributed by atoms with Gasteiger partial charge in [0.15, 0.2) is 0 Å². The fourth-order valence-corrected chi connectivity index (χ4v) is 4.23. The maximum atomic E-state index is 6.11. The summed E-state index contributed by atoms with van der Waals surface area (Å²) in [4.78, 5) is 0. The predicted octanol–water partition coefficient (Wildman–Crippen LogP) is 4.58. The number of rotatable bonds is 3. The minimum atomic E-state index is 0.0850. The third-order valence-electron chi connectivity index (χ3n) is 5.58. The summed E-state index contributed by atoms with van der Waals surface area (Å²) in [6.07, 6.45) is 10.8. The van der Waals surface area contributed by atoms with E-state index in [4.69, 9.17) is 17.3 Å². The highest BCUT2D eigenvalue weighted by molar-refractivity contribution is 6.30. The molecule has 0 heterocycles. The molecule has 1 aromatic rings. The van der Waals surface area contributed by atoms with E-state index >= 15 is 0 Å². The lowest BCUT2D eigenvalue weighted by molar-refractivity contribution is 0.148. The largest absolute Gasteiger partial charge is 0.378 e. The van der Waals surface area contributed by atoms with E-state index in [-0.39, 0.29) is 5.54 Å². The average molecular weight is 293 g/mol. The van der Waals surface area contributed by atoms with Crippen LogP contribution in [0.25, 0.3) is 0 Å². The lowest BCUT2D eigenvalue weighted by Crippen LogP contribution is -2.49. The molecular formula is C17H25ClN2. The Morgan fingerprint density at radius 3 is 2.10 bits per heavy atom. The number of anilines is 1. The smallest absolute Gasteiger partial charge is 0.0496 e. The molecule has 3 rings (SSSR count). The molecular weight excluding hydrogens is 268 g/mol. The van der Waals surface area contributed by atoms with Gasteiger partial charge in [0.05, 0.1) is 0 Å². The van der Waals surface area contributed by atoms with E-state index in [1.807, 2.05) is 12.1 Å². The highest BCUT2D eigenvalue weighted by Crippen LogP contribution is 2.51. The summed E-state index contributed by atoms with van der Waals surface area (Å²) in [6, 6.07) is 7.99. The van der Waals surface area contributed by atoms with E-state index in [0.29, 0.717) is 12.0 Å². The molecule has 2 saturated carbocycles. The zero-order valence-corrected chi connectivity index (χ0v) is 12.9. The number of hydrogen-bond donors (Lipinski definition) is 2. The third-order valence-corrected chi connectivity index (χ3v) is 5.83. The van der Waals surface area contributed by atoms with Gasteiger partial charge in [0.2, 0.25) is 0 Å². The average Bonchev–Trinajstić information content (AvgIpc) is 2.93. The van der Waals surface area contributed by atoms with Gasteiger partial charge in [-0.3, -0.25) is 0 Å². The van der Waals surface area contributed by atoms with E-state index < -0.39 is 0 Å². The van der Waals surface area contributed by atoms with Crippen LogP contribution in [0.3, 0.4) is 0 Å². The molecule has 3 heteroatoms. The van der Waals surface area contributed by atoms with Crippen LogP contribution < -0.4 is 11.1 Å². The molecule has 2 nitrogen and oxygen atoms in total. The van der Waals surface area contributed by atoms with E-state index in [0.717, 1.165) is 10.7 Å². The Balaban J connectivity index is 1.68. The van der Waals surface area contributed by atoms with E-state index in [1.54, 1.807) is 0 Å². The van der Waals surface area contributed by atoms with Crippen LogP contribution in [-0.4, -0.2) is 12.1 Å². The van der Waals surface area contributed by atoms with Gasteiger partial charge >= 0.3 is 0 Å².